The number of hydrogen-bond donors (Lipinski definition) is 0. The normalized spacial score (nSPS) is 17.2. The maximum atomic E-state index is 6.01. The highest BCUT2D eigenvalue weighted by atomic mass is 16.5. The van der Waals surface area contributed by atoms with Crippen molar-refractivity contribution in [2.75, 3.05) is 24.6 Å². The first-order valence-corrected chi connectivity index (χ1v) is 10.9. The average Bonchev–Trinajstić information content (AvgIpc) is 2.71. The highest BCUT2D eigenvalue weighted by Crippen LogP contribution is 2.37. The van der Waals surface area contributed by atoms with Crippen molar-refractivity contribution >= 4 is 5.95 Å². The monoisotopic (exact) mass is 415 g/mol. The molecule has 3 heterocycles. The number of aromatic nitrogens is 2. The van der Waals surface area contributed by atoms with Crippen LogP contribution in [0, 0.1) is 6.92 Å². The summed E-state index contributed by atoms with van der Waals surface area (Å²) in [5, 5.41) is 0. The van der Waals surface area contributed by atoms with Crippen molar-refractivity contribution in [3.8, 4) is 5.75 Å². The van der Waals surface area contributed by atoms with Crippen molar-refractivity contribution in [3.63, 3.8) is 0 Å². The molecule has 2 aromatic carbocycles. The summed E-state index contributed by atoms with van der Waals surface area (Å²) in [6.45, 7) is 9.70. The van der Waals surface area contributed by atoms with Gasteiger partial charge in [-0.3, -0.25) is 0 Å². The molecule has 2 aliphatic rings. The largest absolute Gasteiger partial charge is 0.487 e. The maximum absolute atomic E-state index is 6.01. The van der Waals surface area contributed by atoms with E-state index in [0.717, 1.165) is 43.5 Å². The molecule has 31 heavy (non-hydrogen) atoms. The molecule has 0 bridgehead atoms. The SMILES string of the molecule is Cc1ccc(C(C)(C)c2ccc(OCc3ccnc(N4CC5(CCO5)C4)n3)cc2)cc1. The van der Waals surface area contributed by atoms with Gasteiger partial charge in [0.1, 0.15) is 18.0 Å². The summed E-state index contributed by atoms with van der Waals surface area (Å²) < 4.78 is 11.7. The number of aryl methyl sites for hydroxylation is 1. The van der Waals surface area contributed by atoms with Crippen LogP contribution in [0.15, 0.2) is 60.8 Å². The van der Waals surface area contributed by atoms with Crippen molar-refractivity contribution in [1.29, 1.82) is 0 Å². The van der Waals surface area contributed by atoms with E-state index in [1.165, 1.54) is 16.7 Å². The van der Waals surface area contributed by atoms with E-state index in [4.69, 9.17) is 9.47 Å². The van der Waals surface area contributed by atoms with Gasteiger partial charge in [0.25, 0.3) is 0 Å². The van der Waals surface area contributed by atoms with E-state index in [1.807, 2.05) is 18.2 Å². The van der Waals surface area contributed by atoms with Crippen LogP contribution in [-0.2, 0) is 16.8 Å². The molecule has 2 fully saturated rings. The third-order valence-corrected chi connectivity index (χ3v) is 6.64. The first-order chi connectivity index (χ1) is 14.9. The fraction of sp³-hybridized carbons (Fsp3) is 0.385. The van der Waals surface area contributed by atoms with Crippen molar-refractivity contribution < 1.29 is 9.47 Å². The molecule has 0 radical (unpaired) electrons. The van der Waals surface area contributed by atoms with Gasteiger partial charge in [0.05, 0.1) is 25.4 Å². The Morgan fingerprint density at radius 3 is 2.26 bits per heavy atom. The number of hydrogen-bond acceptors (Lipinski definition) is 5. The lowest BCUT2D eigenvalue weighted by atomic mass is 9.78. The zero-order chi connectivity index (χ0) is 21.5. The Hall–Kier alpha value is -2.92. The minimum absolute atomic E-state index is 0.0630. The van der Waals surface area contributed by atoms with E-state index in [2.05, 4.69) is 72.0 Å². The Labute approximate surface area is 184 Å². The summed E-state index contributed by atoms with van der Waals surface area (Å²) in [7, 11) is 0. The number of nitrogens with zero attached hydrogens (tertiary/aromatic N) is 3. The molecule has 3 aromatic rings. The minimum atomic E-state index is -0.0630. The summed E-state index contributed by atoms with van der Waals surface area (Å²) in [6, 6.07) is 19.1. The van der Waals surface area contributed by atoms with Crippen LogP contribution >= 0.6 is 0 Å². The van der Waals surface area contributed by atoms with Gasteiger partial charge < -0.3 is 14.4 Å². The zero-order valence-electron chi connectivity index (χ0n) is 18.5. The number of benzene rings is 2. The summed E-state index contributed by atoms with van der Waals surface area (Å²) in [5.74, 6) is 1.60. The summed E-state index contributed by atoms with van der Waals surface area (Å²) >= 11 is 0. The molecule has 0 N–H and O–H groups in total. The van der Waals surface area contributed by atoms with Crippen molar-refractivity contribution in [1.82, 2.24) is 9.97 Å². The van der Waals surface area contributed by atoms with Crippen LogP contribution in [0.2, 0.25) is 0 Å². The van der Waals surface area contributed by atoms with Gasteiger partial charge in [-0.05, 0) is 36.2 Å². The van der Waals surface area contributed by atoms with Gasteiger partial charge >= 0.3 is 0 Å². The molecule has 5 nitrogen and oxygen atoms in total. The molecule has 5 rings (SSSR count). The molecule has 0 saturated carbocycles. The van der Waals surface area contributed by atoms with Gasteiger partial charge in [-0.2, -0.15) is 0 Å². The Balaban J connectivity index is 1.21. The van der Waals surface area contributed by atoms with E-state index in [1.54, 1.807) is 6.20 Å². The number of rotatable bonds is 6. The van der Waals surface area contributed by atoms with Gasteiger partial charge in [-0.1, -0.05) is 55.8 Å². The zero-order valence-corrected chi connectivity index (χ0v) is 18.5. The molecule has 2 saturated heterocycles. The van der Waals surface area contributed by atoms with Crippen LogP contribution in [0.3, 0.4) is 0 Å². The lowest BCUT2D eigenvalue weighted by molar-refractivity contribution is -0.161. The van der Waals surface area contributed by atoms with Gasteiger partial charge in [0.2, 0.25) is 5.95 Å². The maximum Gasteiger partial charge on any atom is 0.225 e. The fourth-order valence-electron chi connectivity index (χ4n) is 4.31. The van der Waals surface area contributed by atoms with Crippen LogP contribution in [0.5, 0.6) is 5.75 Å². The van der Waals surface area contributed by atoms with Crippen LogP contribution in [0.1, 0.15) is 42.7 Å². The van der Waals surface area contributed by atoms with Crippen molar-refractivity contribution in [3.05, 3.63) is 83.2 Å². The molecule has 0 amide bonds. The van der Waals surface area contributed by atoms with Gasteiger partial charge in [0, 0.05) is 18.0 Å². The minimum Gasteiger partial charge on any atom is -0.487 e. The van der Waals surface area contributed by atoms with Gasteiger partial charge in [-0.15, -0.1) is 0 Å². The Morgan fingerprint density at radius 2 is 1.65 bits per heavy atom. The van der Waals surface area contributed by atoms with Crippen molar-refractivity contribution in [2.24, 2.45) is 0 Å². The molecule has 160 valence electrons. The fourth-order valence-corrected chi connectivity index (χ4v) is 4.31. The predicted octanol–water partition coefficient (Wildman–Crippen LogP) is 4.67. The van der Waals surface area contributed by atoms with Gasteiger partial charge in [0.15, 0.2) is 0 Å². The molecule has 0 unspecified atom stereocenters. The van der Waals surface area contributed by atoms with E-state index < -0.39 is 0 Å². The smallest absolute Gasteiger partial charge is 0.225 e. The van der Waals surface area contributed by atoms with E-state index in [9.17, 15) is 0 Å². The Kier molecular flexibility index (Phi) is 4.94. The molecular formula is C26H29N3O2. The molecule has 0 aliphatic carbocycles. The quantitative estimate of drug-likeness (QED) is 0.586. The molecule has 2 aliphatic heterocycles. The van der Waals surface area contributed by atoms with Crippen LogP contribution in [0.4, 0.5) is 5.95 Å². The molecular weight excluding hydrogens is 386 g/mol. The second kappa shape index (κ2) is 7.65. The van der Waals surface area contributed by atoms with Gasteiger partial charge in [-0.25, -0.2) is 9.97 Å². The van der Waals surface area contributed by atoms with Crippen LogP contribution < -0.4 is 9.64 Å². The first kappa shape index (κ1) is 20.0. The lowest BCUT2D eigenvalue weighted by Crippen LogP contribution is -2.68. The highest BCUT2D eigenvalue weighted by Gasteiger charge is 2.50. The first-order valence-electron chi connectivity index (χ1n) is 10.9. The Morgan fingerprint density at radius 1 is 1.00 bits per heavy atom. The third kappa shape index (κ3) is 3.90. The summed E-state index contributed by atoms with van der Waals surface area (Å²) in [4.78, 5) is 11.3. The second-order valence-electron chi connectivity index (χ2n) is 9.29. The van der Waals surface area contributed by atoms with E-state index in [-0.39, 0.29) is 11.0 Å². The molecule has 0 atom stereocenters. The number of ether oxygens (including phenoxy) is 2. The third-order valence-electron chi connectivity index (χ3n) is 6.64. The number of anilines is 1. The molecule has 1 spiro atoms. The van der Waals surface area contributed by atoms with Crippen LogP contribution in [-0.4, -0.2) is 35.3 Å². The second-order valence-corrected chi connectivity index (χ2v) is 9.29. The topological polar surface area (TPSA) is 47.5 Å². The van der Waals surface area contributed by atoms with Crippen molar-refractivity contribution in [2.45, 2.75) is 44.8 Å². The molecule has 5 heteroatoms. The van der Waals surface area contributed by atoms with Crippen LogP contribution in [0.25, 0.3) is 0 Å². The predicted molar refractivity (Wildman–Crippen MR) is 122 cm³/mol. The Bertz CT molecular complexity index is 1050. The summed E-state index contributed by atoms with van der Waals surface area (Å²) in [5.41, 5.74) is 4.74. The standard InChI is InChI=1S/C26H29N3O2/c1-19-4-6-20(7-5-19)25(2,3)21-8-10-23(11-9-21)30-16-22-12-14-27-24(28-22)29-17-26(18-29)13-15-31-26/h4-12,14H,13,15-18H2,1-3H3. The lowest BCUT2D eigenvalue weighted by Gasteiger charge is -2.55. The summed E-state index contributed by atoms with van der Waals surface area (Å²) in [6.07, 6.45) is 2.95. The average molecular weight is 416 g/mol. The van der Waals surface area contributed by atoms with E-state index >= 15 is 0 Å². The molecule has 1 aromatic heterocycles. The van der Waals surface area contributed by atoms with E-state index in [0.29, 0.717) is 6.61 Å². The highest BCUT2D eigenvalue weighted by molar-refractivity contribution is 5.41.